The minimum Gasteiger partial charge on any atom is -0.480 e. The van der Waals surface area contributed by atoms with Crippen LogP contribution in [0.25, 0.3) is 0 Å². The summed E-state index contributed by atoms with van der Waals surface area (Å²) < 4.78 is 0. The zero-order valence-electron chi connectivity index (χ0n) is 7.12. The van der Waals surface area contributed by atoms with Crippen molar-refractivity contribution in [2.24, 2.45) is 0 Å². The van der Waals surface area contributed by atoms with Gasteiger partial charge in [0.25, 0.3) is 0 Å². The molecule has 12 heavy (non-hydrogen) atoms. The number of nitrogens with one attached hydrogen (secondary N) is 1. The number of thioether (sulfide) groups is 1. The van der Waals surface area contributed by atoms with Crippen molar-refractivity contribution in [1.82, 2.24) is 5.32 Å². The molecule has 2 radical (unpaired) electrons. The Balaban J connectivity index is 0. The average Bonchev–Trinajstić information content (AvgIpc) is 1.97. The number of rotatable bonds is 6. The summed E-state index contributed by atoms with van der Waals surface area (Å²) in [6.07, 6.45) is 2.45. The summed E-state index contributed by atoms with van der Waals surface area (Å²) >= 11 is 1.59. The van der Waals surface area contributed by atoms with Crippen LogP contribution in [0.4, 0.5) is 0 Å². The zero-order valence-corrected chi connectivity index (χ0v) is 10.1. The molecule has 1 atom stereocenters. The summed E-state index contributed by atoms with van der Waals surface area (Å²) in [5.41, 5.74) is 0. The normalized spacial score (nSPS) is 11.8. The third kappa shape index (κ3) is 7.64. The first kappa shape index (κ1) is 15.5. The Bertz CT molecular complexity index is 125. The second-order valence-corrected chi connectivity index (χ2v) is 3.02. The number of aliphatic carboxylic acids is 1. The van der Waals surface area contributed by atoms with Crippen LogP contribution < -0.4 is 5.32 Å². The maximum atomic E-state index is 10.4. The molecule has 6 heteroatoms. The van der Waals surface area contributed by atoms with E-state index in [9.17, 15) is 4.79 Å². The van der Waals surface area contributed by atoms with Gasteiger partial charge in [-0.25, -0.2) is 0 Å². The van der Waals surface area contributed by atoms with E-state index in [1.54, 1.807) is 11.8 Å². The molecule has 1 unspecified atom stereocenters. The van der Waals surface area contributed by atoms with Crippen LogP contribution in [0, 0.1) is 0 Å². The first-order valence-electron chi connectivity index (χ1n) is 3.28. The Hall–Kier alpha value is 1.000. The third-order valence-corrected chi connectivity index (χ3v) is 1.89. The predicted octanol–water partition coefficient (Wildman–Crippen LogP) is -0.649. The number of aliphatic hydroxyl groups is 1. The van der Waals surface area contributed by atoms with E-state index in [2.05, 4.69) is 5.32 Å². The van der Waals surface area contributed by atoms with E-state index in [0.717, 1.165) is 5.75 Å². The summed E-state index contributed by atoms with van der Waals surface area (Å²) in [4.78, 5) is 10.4. The van der Waals surface area contributed by atoms with Gasteiger partial charge in [-0.1, -0.05) is 0 Å². The largest absolute Gasteiger partial charge is 0.480 e. The van der Waals surface area contributed by atoms with Gasteiger partial charge in [-0.15, -0.1) is 0 Å². The molecular formula is C6H13CaNO3S. The van der Waals surface area contributed by atoms with Gasteiger partial charge >= 0.3 is 5.97 Å². The molecule has 3 N–H and O–H groups in total. The fraction of sp³-hybridized carbons (Fsp3) is 0.833. The van der Waals surface area contributed by atoms with Gasteiger partial charge in [0.15, 0.2) is 0 Å². The van der Waals surface area contributed by atoms with E-state index >= 15 is 0 Å². The molecule has 0 aliphatic heterocycles. The molecule has 0 fully saturated rings. The van der Waals surface area contributed by atoms with Gasteiger partial charge in [0, 0.05) is 37.7 Å². The predicted molar refractivity (Wildman–Crippen MR) is 50.4 cm³/mol. The molecule has 0 aromatic carbocycles. The van der Waals surface area contributed by atoms with Crippen molar-refractivity contribution in [2.45, 2.75) is 12.5 Å². The summed E-state index contributed by atoms with van der Waals surface area (Å²) in [5, 5.41) is 19.4. The Labute approximate surface area is 106 Å². The van der Waals surface area contributed by atoms with Gasteiger partial charge in [0.05, 0.1) is 6.73 Å². The molecule has 0 aliphatic rings. The van der Waals surface area contributed by atoms with Gasteiger partial charge in [0.2, 0.25) is 0 Å². The Morgan fingerprint density at radius 2 is 2.25 bits per heavy atom. The van der Waals surface area contributed by atoms with E-state index in [1.165, 1.54) is 0 Å². The SMILES string of the molecule is CSCCC(NCO)C(=O)O.[Ca]. The van der Waals surface area contributed by atoms with Crippen LogP contribution in [-0.2, 0) is 4.79 Å². The maximum absolute atomic E-state index is 10.4. The van der Waals surface area contributed by atoms with E-state index < -0.39 is 12.0 Å². The Kier molecular flexibility index (Phi) is 13.0. The molecule has 0 rings (SSSR count). The average molecular weight is 219 g/mol. The van der Waals surface area contributed by atoms with E-state index in [0.29, 0.717) is 6.42 Å². The van der Waals surface area contributed by atoms with Crippen molar-refractivity contribution in [3.63, 3.8) is 0 Å². The van der Waals surface area contributed by atoms with Crippen LogP contribution in [0.1, 0.15) is 6.42 Å². The van der Waals surface area contributed by atoms with Crippen LogP contribution in [0.2, 0.25) is 0 Å². The third-order valence-electron chi connectivity index (χ3n) is 1.25. The minimum atomic E-state index is -0.909. The molecule has 0 amide bonds. The van der Waals surface area contributed by atoms with Crippen LogP contribution in [-0.4, -0.2) is 78.7 Å². The van der Waals surface area contributed by atoms with Gasteiger partial charge < -0.3 is 10.2 Å². The minimum absolute atomic E-state index is 0. The Morgan fingerprint density at radius 1 is 1.67 bits per heavy atom. The molecular weight excluding hydrogens is 206 g/mol. The van der Waals surface area contributed by atoms with Gasteiger partial charge in [0.1, 0.15) is 6.04 Å². The summed E-state index contributed by atoms with van der Waals surface area (Å²) in [5.74, 6) is -0.127. The van der Waals surface area contributed by atoms with Crippen LogP contribution in [0.3, 0.4) is 0 Å². The van der Waals surface area contributed by atoms with Crippen LogP contribution >= 0.6 is 11.8 Å². The van der Waals surface area contributed by atoms with E-state index in [-0.39, 0.29) is 44.5 Å². The molecule has 0 heterocycles. The fourth-order valence-electron chi connectivity index (χ4n) is 0.659. The zero-order chi connectivity index (χ0) is 8.69. The Morgan fingerprint density at radius 3 is 2.58 bits per heavy atom. The van der Waals surface area contributed by atoms with Crippen LogP contribution in [0.15, 0.2) is 0 Å². The number of hydrogen-bond donors (Lipinski definition) is 3. The maximum Gasteiger partial charge on any atom is 0.320 e. The summed E-state index contributed by atoms with van der Waals surface area (Å²) in [6.45, 7) is -0.286. The van der Waals surface area contributed by atoms with Gasteiger partial charge in [-0.05, 0) is 18.4 Å². The molecule has 0 aromatic heterocycles. The number of hydrogen-bond acceptors (Lipinski definition) is 4. The first-order valence-corrected chi connectivity index (χ1v) is 4.67. The van der Waals surface area contributed by atoms with Gasteiger partial charge in [-0.2, -0.15) is 11.8 Å². The fourth-order valence-corrected chi connectivity index (χ4v) is 1.13. The van der Waals surface area contributed by atoms with Gasteiger partial charge in [-0.3, -0.25) is 10.1 Å². The van der Waals surface area contributed by atoms with Crippen molar-refractivity contribution in [3.8, 4) is 0 Å². The van der Waals surface area contributed by atoms with Crippen molar-refractivity contribution >= 4 is 55.5 Å². The van der Waals surface area contributed by atoms with E-state index in [4.69, 9.17) is 10.2 Å². The summed E-state index contributed by atoms with van der Waals surface area (Å²) in [6, 6.07) is -0.618. The molecule has 0 saturated heterocycles. The molecule has 4 nitrogen and oxygen atoms in total. The number of carboxylic acids is 1. The van der Waals surface area contributed by atoms with E-state index in [1.807, 2.05) is 6.26 Å². The topological polar surface area (TPSA) is 69.6 Å². The second-order valence-electron chi connectivity index (χ2n) is 2.03. The number of aliphatic hydroxyl groups excluding tert-OH is 1. The monoisotopic (exact) mass is 219 g/mol. The van der Waals surface area contributed by atoms with Crippen molar-refractivity contribution < 1.29 is 15.0 Å². The molecule has 0 aliphatic carbocycles. The van der Waals surface area contributed by atoms with Crippen molar-refractivity contribution in [1.29, 1.82) is 0 Å². The molecule has 0 saturated carbocycles. The molecule has 0 bridgehead atoms. The number of carbonyl (C=O) groups is 1. The second kappa shape index (κ2) is 10.1. The standard InChI is InChI=1S/C6H13NO3S.Ca/c1-11-3-2-5(6(9)10)7-4-8;/h5,7-8H,2-4H2,1H3,(H,9,10);. The molecule has 0 spiro atoms. The van der Waals surface area contributed by atoms with Crippen LogP contribution in [0.5, 0.6) is 0 Å². The molecule has 0 aromatic rings. The summed E-state index contributed by atoms with van der Waals surface area (Å²) in [7, 11) is 0. The molecule has 68 valence electrons. The smallest absolute Gasteiger partial charge is 0.320 e. The number of carboxylic acid groups (broad SMARTS) is 1. The quantitative estimate of drug-likeness (QED) is 0.409. The first-order chi connectivity index (χ1) is 5.22. The van der Waals surface area contributed by atoms with Crippen molar-refractivity contribution in [2.75, 3.05) is 18.7 Å². The van der Waals surface area contributed by atoms with Crippen molar-refractivity contribution in [3.05, 3.63) is 0 Å².